The number of hydrogen-bond acceptors (Lipinski definition) is 9. The van der Waals surface area contributed by atoms with Crippen LogP contribution in [-0.4, -0.2) is 35.1 Å². The molecule has 0 aliphatic carbocycles. The molecular formula is C34H36N3O6PS. The fourth-order valence-corrected chi connectivity index (χ4v) is 6.74. The van der Waals surface area contributed by atoms with Gasteiger partial charge in [-0.25, -0.2) is 9.67 Å². The van der Waals surface area contributed by atoms with Gasteiger partial charge in [0, 0.05) is 17.6 Å². The summed E-state index contributed by atoms with van der Waals surface area (Å²) in [6.07, 6.45) is 3.47. The van der Waals surface area contributed by atoms with Gasteiger partial charge in [0.25, 0.3) is 0 Å². The summed E-state index contributed by atoms with van der Waals surface area (Å²) in [6, 6.07) is 25.5. The standard InChI is InChI=1S/C34H36N3O6PS/c1-5-42-44(38,43-6-2)20-19-28-22-37(29-15-11-8-12-16-29)36-33(28)41-23-26-17-18-30(31(21-26)39-4)40-24-32-25(3)35-34(45-32)27-13-9-7-10-14-27/h7-22H,5-6,23-24H2,1-4H3. The molecule has 0 saturated carbocycles. The van der Waals surface area contributed by atoms with Crippen LogP contribution in [0.5, 0.6) is 17.4 Å². The Morgan fingerprint density at radius 2 is 1.60 bits per heavy atom. The van der Waals surface area contributed by atoms with Crippen molar-refractivity contribution in [3.05, 3.63) is 113 Å². The Hall–Kier alpha value is -4.21. The van der Waals surface area contributed by atoms with Gasteiger partial charge in [0.1, 0.15) is 18.2 Å². The summed E-state index contributed by atoms with van der Waals surface area (Å²) >= 11 is 1.62. The summed E-state index contributed by atoms with van der Waals surface area (Å²) in [7, 11) is -1.81. The van der Waals surface area contributed by atoms with Crippen LogP contribution in [0.2, 0.25) is 0 Å². The third kappa shape index (κ3) is 8.29. The molecule has 5 aromatic rings. The first-order valence-electron chi connectivity index (χ1n) is 14.6. The van der Waals surface area contributed by atoms with Crippen LogP contribution in [0.1, 0.15) is 35.5 Å². The minimum Gasteiger partial charge on any atom is -0.493 e. The summed E-state index contributed by atoms with van der Waals surface area (Å²) in [4.78, 5) is 5.78. The predicted octanol–water partition coefficient (Wildman–Crippen LogP) is 8.71. The second-order valence-corrected chi connectivity index (χ2v) is 12.8. The first kappa shape index (κ1) is 32.2. The quantitative estimate of drug-likeness (QED) is 0.104. The maximum absolute atomic E-state index is 13.1. The van der Waals surface area contributed by atoms with Crippen molar-refractivity contribution in [3.63, 3.8) is 0 Å². The topological polar surface area (TPSA) is 93.9 Å². The summed E-state index contributed by atoms with van der Waals surface area (Å²) in [5.41, 5.74) is 4.37. The van der Waals surface area contributed by atoms with E-state index in [1.165, 1.54) is 5.82 Å². The lowest BCUT2D eigenvalue weighted by Crippen LogP contribution is -2.01. The van der Waals surface area contributed by atoms with Crippen LogP contribution in [0.25, 0.3) is 22.3 Å². The molecule has 0 saturated heterocycles. The van der Waals surface area contributed by atoms with E-state index < -0.39 is 7.60 Å². The molecule has 45 heavy (non-hydrogen) atoms. The molecule has 2 aromatic heterocycles. The molecular weight excluding hydrogens is 609 g/mol. The zero-order valence-electron chi connectivity index (χ0n) is 25.7. The van der Waals surface area contributed by atoms with Gasteiger partial charge in [0.05, 0.1) is 42.1 Å². The molecule has 0 aliphatic heterocycles. The molecule has 0 bridgehead atoms. The second kappa shape index (κ2) is 15.2. The van der Waals surface area contributed by atoms with Crippen molar-refractivity contribution >= 4 is 25.0 Å². The number of benzene rings is 3. The average Bonchev–Trinajstić information content (AvgIpc) is 3.66. The van der Waals surface area contributed by atoms with E-state index >= 15 is 0 Å². The third-order valence-corrected chi connectivity index (χ3v) is 9.59. The van der Waals surface area contributed by atoms with Crippen LogP contribution in [0.15, 0.2) is 90.9 Å². The number of rotatable bonds is 15. The minimum absolute atomic E-state index is 0.215. The van der Waals surface area contributed by atoms with Gasteiger partial charge in [-0.1, -0.05) is 54.6 Å². The Balaban J connectivity index is 1.31. The molecule has 5 rings (SSSR count). The molecule has 0 radical (unpaired) electrons. The van der Waals surface area contributed by atoms with Crippen molar-refractivity contribution in [3.8, 4) is 33.6 Å². The van der Waals surface area contributed by atoms with Crippen LogP contribution in [0.3, 0.4) is 0 Å². The number of hydrogen-bond donors (Lipinski definition) is 0. The lowest BCUT2D eigenvalue weighted by Gasteiger charge is -2.13. The highest BCUT2D eigenvalue weighted by Crippen LogP contribution is 2.50. The van der Waals surface area contributed by atoms with Crippen molar-refractivity contribution in [2.75, 3.05) is 20.3 Å². The van der Waals surface area contributed by atoms with Gasteiger partial charge < -0.3 is 23.3 Å². The Bertz CT molecular complexity index is 1760. The van der Waals surface area contributed by atoms with E-state index in [-0.39, 0.29) is 19.8 Å². The highest BCUT2D eigenvalue weighted by atomic mass is 32.1. The van der Waals surface area contributed by atoms with Crippen LogP contribution in [0.4, 0.5) is 0 Å². The number of ether oxygens (including phenoxy) is 3. The molecule has 234 valence electrons. The lowest BCUT2D eigenvalue weighted by molar-refractivity contribution is 0.229. The Kier molecular flexibility index (Phi) is 10.9. The van der Waals surface area contributed by atoms with Gasteiger partial charge in [-0.05, 0) is 56.7 Å². The number of thiazole rings is 1. The SMILES string of the molecule is CCOP(=O)(C=Cc1cn(-c2ccccc2)nc1OCc1ccc(OCc2sc(-c3ccccc3)nc2C)c(OC)c1)OCC. The molecule has 0 N–H and O–H groups in total. The summed E-state index contributed by atoms with van der Waals surface area (Å²) in [5, 5.41) is 5.62. The van der Waals surface area contributed by atoms with Crippen molar-refractivity contribution in [2.24, 2.45) is 0 Å². The number of aryl methyl sites for hydroxylation is 1. The van der Waals surface area contributed by atoms with Crippen LogP contribution in [0, 0.1) is 6.92 Å². The average molecular weight is 646 g/mol. The molecule has 0 aliphatic rings. The van der Waals surface area contributed by atoms with E-state index in [4.69, 9.17) is 28.2 Å². The van der Waals surface area contributed by atoms with E-state index in [1.54, 1.807) is 43.1 Å². The lowest BCUT2D eigenvalue weighted by atomic mass is 10.2. The molecule has 2 heterocycles. The molecule has 11 heteroatoms. The van der Waals surface area contributed by atoms with Crippen LogP contribution < -0.4 is 14.2 Å². The number of aromatic nitrogens is 3. The minimum atomic E-state index is -3.41. The zero-order chi connectivity index (χ0) is 31.6. The largest absolute Gasteiger partial charge is 0.493 e. The highest BCUT2D eigenvalue weighted by Gasteiger charge is 2.20. The Labute approximate surface area is 267 Å². The van der Waals surface area contributed by atoms with Gasteiger partial charge in [0.2, 0.25) is 5.88 Å². The summed E-state index contributed by atoms with van der Waals surface area (Å²) in [5.74, 6) is 3.02. The Morgan fingerprint density at radius 1 is 0.889 bits per heavy atom. The summed E-state index contributed by atoms with van der Waals surface area (Å²) in [6.45, 7) is 6.65. The monoisotopic (exact) mass is 645 g/mol. The predicted molar refractivity (Wildman–Crippen MR) is 177 cm³/mol. The van der Waals surface area contributed by atoms with E-state index in [0.717, 1.165) is 32.4 Å². The van der Waals surface area contributed by atoms with Gasteiger partial charge in [-0.2, -0.15) is 0 Å². The second-order valence-electron chi connectivity index (χ2n) is 9.82. The van der Waals surface area contributed by atoms with Gasteiger partial charge >= 0.3 is 7.60 Å². The molecule has 0 unspecified atom stereocenters. The number of nitrogens with zero attached hydrogens (tertiary/aromatic N) is 3. The molecule has 0 atom stereocenters. The van der Waals surface area contributed by atoms with Crippen molar-refractivity contribution in [1.82, 2.24) is 14.8 Å². The van der Waals surface area contributed by atoms with Crippen molar-refractivity contribution in [2.45, 2.75) is 34.0 Å². The maximum Gasteiger partial charge on any atom is 0.354 e. The van der Waals surface area contributed by atoms with Crippen molar-refractivity contribution in [1.29, 1.82) is 0 Å². The fraction of sp³-hybridized carbons (Fsp3) is 0.235. The third-order valence-electron chi connectivity index (χ3n) is 6.66. The molecule has 0 amide bonds. The Morgan fingerprint density at radius 3 is 2.29 bits per heavy atom. The van der Waals surface area contributed by atoms with E-state index in [2.05, 4.69) is 17.2 Å². The molecule has 0 fully saturated rings. The fourth-order valence-electron chi connectivity index (χ4n) is 4.45. The normalized spacial score (nSPS) is 11.6. The molecule has 0 spiro atoms. The van der Waals surface area contributed by atoms with Gasteiger partial charge in [-0.15, -0.1) is 16.4 Å². The van der Waals surface area contributed by atoms with E-state index in [0.29, 0.717) is 29.5 Å². The molecule has 3 aromatic carbocycles. The van der Waals surface area contributed by atoms with Gasteiger partial charge in [0.15, 0.2) is 11.5 Å². The van der Waals surface area contributed by atoms with E-state index in [9.17, 15) is 4.57 Å². The van der Waals surface area contributed by atoms with Gasteiger partial charge in [-0.3, -0.25) is 4.57 Å². The first-order valence-corrected chi connectivity index (χ1v) is 17.0. The first-order chi connectivity index (χ1) is 21.9. The smallest absolute Gasteiger partial charge is 0.354 e. The zero-order valence-corrected chi connectivity index (χ0v) is 27.4. The molecule has 9 nitrogen and oxygen atoms in total. The number of para-hydroxylation sites is 1. The van der Waals surface area contributed by atoms with Crippen LogP contribution >= 0.6 is 18.9 Å². The maximum atomic E-state index is 13.1. The van der Waals surface area contributed by atoms with E-state index in [1.807, 2.05) is 79.9 Å². The summed E-state index contributed by atoms with van der Waals surface area (Å²) < 4.78 is 43.6. The highest BCUT2D eigenvalue weighted by molar-refractivity contribution is 7.57. The van der Waals surface area contributed by atoms with Crippen molar-refractivity contribution < 1.29 is 27.8 Å². The van der Waals surface area contributed by atoms with Crippen LogP contribution in [-0.2, 0) is 26.8 Å². The number of methoxy groups -OCH3 is 1.